The van der Waals surface area contributed by atoms with Gasteiger partial charge in [0.05, 0.1) is 0 Å². The molecule has 0 radical (unpaired) electrons. The molecule has 0 aliphatic carbocycles. The van der Waals surface area contributed by atoms with Gasteiger partial charge in [-0.25, -0.2) is 0 Å². The van der Waals surface area contributed by atoms with E-state index in [1.165, 1.54) is 15.8 Å². The van der Waals surface area contributed by atoms with E-state index < -0.39 is 0 Å². The molecule has 1 N–H and O–H groups in total. The van der Waals surface area contributed by atoms with Crippen LogP contribution >= 0.6 is 27.3 Å². The molecule has 0 bridgehead atoms. The Morgan fingerprint density at radius 2 is 2.12 bits per heavy atom. The predicted molar refractivity (Wildman–Crippen MR) is 77.4 cm³/mol. The van der Waals surface area contributed by atoms with E-state index >= 15 is 0 Å². The maximum absolute atomic E-state index is 3.62. The molecule has 0 aromatic carbocycles. The lowest BCUT2D eigenvalue weighted by atomic mass is 9.87. The van der Waals surface area contributed by atoms with Gasteiger partial charge in [0.15, 0.2) is 0 Å². The molecule has 0 spiro atoms. The van der Waals surface area contributed by atoms with Crippen LogP contribution in [0.4, 0.5) is 0 Å². The second-order valence-electron chi connectivity index (χ2n) is 5.33. The zero-order valence-corrected chi connectivity index (χ0v) is 13.0. The van der Waals surface area contributed by atoms with E-state index in [1.54, 1.807) is 0 Å². The maximum Gasteiger partial charge on any atom is 0.0319 e. The number of rotatable bonds is 6. The molecular weight excluding hydrogens is 282 g/mol. The lowest BCUT2D eigenvalue weighted by molar-refractivity contribution is 0.447. The van der Waals surface area contributed by atoms with Crippen molar-refractivity contribution in [3.05, 3.63) is 20.8 Å². The Morgan fingerprint density at radius 3 is 2.62 bits per heavy atom. The zero-order valence-electron chi connectivity index (χ0n) is 10.6. The Kier molecular flexibility index (Phi) is 5.48. The van der Waals surface area contributed by atoms with Gasteiger partial charge in [-0.3, -0.25) is 0 Å². The van der Waals surface area contributed by atoms with Gasteiger partial charge < -0.3 is 5.32 Å². The van der Waals surface area contributed by atoms with Crippen molar-refractivity contribution in [2.24, 2.45) is 5.92 Å². The van der Waals surface area contributed by atoms with Crippen molar-refractivity contribution >= 4 is 27.3 Å². The fraction of sp³-hybridized carbons (Fsp3) is 0.692. The largest absolute Gasteiger partial charge is 0.316 e. The quantitative estimate of drug-likeness (QED) is 0.767. The van der Waals surface area contributed by atoms with Gasteiger partial charge in [0.2, 0.25) is 0 Å². The summed E-state index contributed by atoms with van der Waals surface area (Å²) in [6, 6.07) is 2.14. The molecule has 0 fully saturated rings. The Hall–Kier alpha value is 0.140. The van der Waals surface area contributed by atoms with Crippen LogP contribution in [0.3, 0.4) is 0 Å². The lowest BCUT2D eigenvalue weighted by Crippen LogP contribution is -2.27. The molecule has 3 heteroatoms. The topological polar surface area (TPSA) is 12.0 Å². The monoisotopic (exact) mass is 303 g/mol. The van der Waals surface area contributed by atoms with Gasteiger partial charge in [-0.1, -0.05) is 27.7 Å². The summed E-state index contributed by atoms with van der Waals surface area (Å²) in [5.74, 6) is 0.733. The number of thiophene rings is 1. The van der Waals surface area contributed by atoms with Crippen LogP contribution < -0.4 is 5.32 Å². The van der Waals surface area contributed by atoms with Crippen LogP contribution in [0.2, 0.25) is 0 Å². The van der Waals surface area contributed by atoms with Crippen molar-refractivity contribution < 1.29 is 0 Å². The Morgan fingerprint density at radius 1 is 1.44 bits per heavy atom. The number of hydrogen-bond acceptors (Lipinski definition) is 2. The molecule has 1 aromatic heterocycles. The minimum Gasteiger partial charge on any atom is -0.316 e. The molecule has 0 aliphatic rings. The van der Waals surface area contributed by atoms with Crippen LogP contribution in [-0.4, -0.2) is 13.1 Å². The second-order valence-corrected chi connectivity index (χ2v) is 7.10. The summed E-state index contributed by atoms with van der Waals surface area (Å²) in [5.41, 5.74) is 0.261. The van der Waals surface area contributed by atoms with E-state index in [4.69, 9.17) is 0 Å². The predicted octanol–water partition coefficient (Wildman–Crippen LogP) is 4.42. The van der Waals surface area contributed by atoms with E-state index in [9.17, 15) is 0 Å². The number of hydrogen-bond donors (Lipinski definition) is 1. The lowest BCUT2D eigenvalue weighted by Gasteiger charge is -2.24. The van der Waals surface area contributed by atoms with E-state index in [1.807, 2.05) is 11.3 Å². The highest BCUT2D eigenvalue weighted by Gasteiger charge is 2.23. The average molecular weight is 304 g/mol. The summed E-state index contributed by atoms with van der Waals surface area (Å²) in [5, 5.41) is 5.67. The van der Waals surface area contributed by atoms with E-state index in [-0.39, 0.29) is 5.41 Å². The zero-order chi connectivity index (χ0) is 12.2. The maximum atomic E-state index is 3.62. The fourth-order valence-corrected chi connectivity index (χ4v) is 3.75. The van der Waals surface area contributed by atoms with E-state index in [2.05, 4.69) is 60.4 Å². The minimum absolute atomic E-state index is 0.261. The first kappa shape index (κ1) is 14.2. The molecule has 92 valence electrons. The summed E-state index contributed by atoms with van der Waals surface area (Å²) in [6.07, 6.45) is 1.18. The highest BCUT2D eigenvalue weighted by atomic mass is 79.9. The van der Waals surface area contributed by atoms with Crippen LogP contribution in [0.1, 0.15) is 39.0 Å². The molecule has 1 heterocycles. The number of nitrogens with one attached hydrogen (secondary N) is 1. The average Bonchev–Trinajstić information content (AvgIpc) is 2.59. The SMILES string of the molecule is CC(C)CNCCC(C)(C)c1sccc1Br. The van der Waals surface area contributed by atoms with Gasteiger partial charge in [-0.15, -0.1) is 11.3 Å². The normalized spacial score (nSPS) is 12.4. The van der Waals surface area contributed by atoms with Crippen molar-refractivity contribution in [2.75, 3.05) is 13.1 Å². The Bertz CT molecular complexity index is 317. The summed E-state index contributed by atoms with van der Waals surface area (Å²) in [6.45, 7) is 11.3. The molecule has 0 amide bonds. The third kappa shape index (κ3) is 4.19. The smallest absolute Gasteiger partial charge is 0.0319 e. The molecule has 1 rings (SSSR count). The molecule has 0 atom stereocenters. The van der Waals surface area contributed by atoms with Crippen LogP contribution in [0.5, 0.6) is 0 Å². The highest BCUT2D eigenvalue weighted by molar-refractivity contribution is 9.10. The summed E-state index contributed by atoms with van der Waals surface area (Å²) in [4.78, 5) is 1.46. The van der Waals surface area contributed by atoms with Gasteiger partial charge >= 0.3 is 0 Å². The third-order valence-corrected chi connectivity index (χ3v) is 4.91. The summed E-state index contributed by atoms with van der Waals surface area (Å²) in [7, 11) is 0. The molecule has 0 unspecified atom stereocenters. The molecule has 0 saturated heterocycles. The Balaban J connectivity index is 2.43. The van der Waals surface area contributed by atoms with Crippen LogP contribution in [0.15, 0.2) is 15.9 Å². The van der Waals surface area contributed by atoms with Crippen LogP contribution in [-0.2, 0) is 5.41 Å². The third-order valence-electron chi connectivity index (χ3n) is 2.71. The molecule has 0 aliphatic heterocycles. The van der Waals surface area contributed by atoms with Gasteiger partial charge in [0.1, 0.15) is 0 Å². The minimum atomic E-state index is 0.261. The first-order valence-corrected chi connectivity index (χ1v) is 7.55. The van der Waals surface area contributed by atoms with Crippen molar-refractivity contribution in [2.45, 2.75) is 39.5 Å². The molecule has 0 saturated carbocycles. The van der Waals surface area contributed by atoms with Crippen molar-refractivity contribution in [1.29, 1.82) is 0 Å². The van der Waals surface area contributed by atoms with Crippen molar-refractivity contribution in [3.63, 3.8) is 0 Å². The van der Waals surface area contributed by atoms with Gasteiger partial charge in [-0.2, -0.15) is 0 Å². The van der Waals surface area contributed by atoms with Crippen LogP contribution in [0.25, 0.3) is 0 Å². The van der Waals surface area contributed by atoms with Gasteiger partial charge in [0.25, 0.3) is 0 Å². The van der Waals surface area contributed by atoms with Gasteiger partial charge in [-0.05, 0) is 52.8 Å². The molecular formula is C13H22BrNS. The summed E-state index contributed by atoms with van der Waals surface area (Å²) >= 11 is 5.47. The fourth-order valence-electron chi connectivity index (χ4n) is 1.68. The Labute approximate surface area is 112 Å². The molecule has 1 aromatic rings. The first-order chi connectivity index (χ1) is 7.43. The van der Waals surface area contributed by atoms with Crippen molar-refractivity contribution in [3.8, 4) is 0 Å². The standard InChI is InChI=1S/C13H22BrNS/c1-10(2)9-15-7-6-13(3,4)12-11(14)5-8-16-12/h5,8,10,15H,6-7,9H2,1-4H3. The number of halogens is 1. The second kappa shape index (κ2) is 6.18. The highest BCUT2D eigenvalue weighted by Crippen LogP contribution is 2.36. The first-order valence-electron chi connectivity index (χ1n) is 5.87. The molecule has 16 heavy (non-hydrogen) atoms. The summed E-state index contributed by atoms with van der Waals surface area (Å²) < 4.78 is 1.26. The van der Waals surface area contributed by atoms with E-state index in [0.29, 0.717) is 0 Å². The van der Waals surface area contributed by atoms with E-state index in [0.717, 1.165) is 19.0 Å². The van der Waals surface area contributed by atoms with Gasteiger partial charge in [0, 0.05) is 14.8 Å². The van der Waals surface area contributed by atoms with Crippen molar-refractivity contribution in [1.82, 2.24) is 5.32 Å². The van der Waals surface area contributed by atoms with Crippen LogP contribution in [0, 0.1) is 5.92 Å². The molecule has 1 nitrogen and oxygen atoms in total.